The highest BCUT2D eigenvalue weighted by atomic mass is 32.1. The van der Waals surface area contributed by atoms with E-state index in [9.17, 15) is 9.90 Å². The summed E-state index contributed by atoms with van der Waals surface area (Å²) in [7, 11) is 0. The van der Waals surface area contributed by atoms with E-state index in [1.165, 1.54) is 0 Å². The molecule has 0 aliphatic heterocycles. The molecule has 20 heavy (non-hydrogen) atoms. The van der Waals surface area contributed by atoms with Gasteiger partial charge in [-0.15, -0.1) is 0 Å². The van der Waals surface area contributed by atoms with Crippen LogP contribution in [0.1, 0.15) is 35.9 Å². The molecule has 0 bridgehead atoms. The molecule has 102 valence electrons. The van der Waals surface area contributed by atoms with E-state index in [-0.39, 0.29) is 11.5 Å². The van der Waals surface area contributed by atoms with Gasteiger partial charge in [0.1, 0.15) is 5.82 Å². The summed E-state index contributed by atoms with van der Waals surface area (Å²) in [6.07, 6.45) is 0. The van der Waals surface area contributed by atoms with Crippen molar-refractivity contribution < 1.29 is 9.90 Å². The Hall–Kier alpha value is -2.14. The van der Waals surface area contributed by atoms with Gasteiger partial charge in [0.25, 0.3) is 0 Å². The van der Waals surface area contributed by atoms with Crippen LogP contribution in [0.2, 0.25) is 0 Å². The molecule has 0 amide bonds. The van der Waals surface area contributed by atoms with Crippen LogP contribution in [-0.4, -0.2) is 20.6 Å². The smallest absolute Gasteiger partial charge is 0.337 e. The number of rotatable bonds is 3. The van der Waals surface area contributed by atoms with Crippen LogP contribution in [0.15, 0.2) is 35.0 Å². The molecule has 0 saturated heterocycles. The standard InChI is InChI=1S/C15H14N2O2S/c1-9(2)14-16-12-5-3-4-11(15(18)19)13(12)17(14)10-6-7-20-8-10/h3-9H,1-2H3,(H,18,19). The van der Waals surface area contributed by atoms with Crippen LogP contribution in [0.4, 0.5) is 0 Å². The molecule has 0 saturated carbocycles. The second-order valence-corrected chi connectivity index (χ2v) is 5.70. The van der Waals surface area contributed by atoms with Gasteiger partial charge in [-0.1, -0.05) is 19.9 Å². The molecule has 0 radical (unpaired) electrons. The lowest BCUT2D eigenvalue weighted by Crippen LogP contribution is -2.05. The van der Waals surface area contributed by atoms with E-state index in [1.54, 1.807) is 23.5 Å². The fourth-order valence-corrected chi connectivity index (χ4v) is 2.97. The number of benzene rings is 1. The summed E-state index contributed by atoms with van der Waals surface area (Å²) in [5.74, 6) is 0.165. The molecule has 3 aromatic rings. The maximum Gasteiger partial charge on any atom is 0.337 e. The van der Waals surface area contributed by atoms with Crippen molar-refractivity contribution in [1.82, 2.24) is 9.55 Å². The lowest BCUT2D eigenvalue weighted by molar-refractivity contribution is 0.0698. The molecule has 4 nitrogen and oxygen atoms in total. The Morgan fingerprint density at radius 1 is 1.35 bits per heavy atom. The van der Waals surface area contributed by atoms with Crippen molar-refractivity contribution in [3.8, 4) is 5.69 Å². The quantitative estimate of drug-likeness (QED) is 0.794. The van der Waals surface area contributed by atoms with Gasteiger partial charge >= 0.3 is 5.97 Å². The maximum atomic E-state index is 11.5. The van der Waals surface area contributed by atoms with Crippen LogP contribution >= 0.6 is 11.3 Å². The number of aromatic carboxylic acids is 1. The van der Waals surface area contributed by atoms with Gasteiger partial charge in [-0.25, -0.2) is 9.78 Å². The summed E-state index contributed by atoms with van der Waals surface area (Å²) >= 11 is 1.59. The Bertz CT molecular complexity index is 773. The first-order valence-corrected chi connectivity index (χ1v) is 7.31. The van der Waals surface area contributed by atoms with Crippen molar-refractivity contribution >= 4 is 28.3 Å². The number of hydrogen-bond acceptors (Lipinski definition) is 3. The van der Waals surface area contributed by atoms with Gasteiger partial charge in [0, 0.05) is 11.3 Å². The second kappa shape index (κ2) is 4.76. The molecule has 2 heterocycles. The van der Waals surface area contributed by atoms with Crippen molar-refractivity contribution in [2.24, 2.45) is 0 Å². The van der Waals surface area contributed by atoms with Gasteiger partial charge in [-0.05, 0) is 23.6 Å². The number of carbonyl (C=O) groups is 1. The lowest BCUT2D eigenvalue weighted by Gasteiger charge is -2.10. The van der Waals surface area contributed by atoms with E-state index in [0.29, 0.717) is 5.52 Å². The first kappa shape index (κ1) is 12.9. The number of para-hydroxylation sites is 1. The molecule has 3 rings (SSSR count). The number of nitrogens with zero attached hydrogens (tertiary/aromatic N) is 2. The van der Waals surface area contributed by atoms with Crippen LogP contribution in [0, 0.1) is 0 Å². The molecule has 0 spiro atoms. The first-order valence-electron chi connectivity index (χ1n) is 6.37. The third-order valence-corrected chi connectivity index (χ3v) is 3.88. The largest absolute Gasteiger partial charge is 0.478 e. The molecule has 1 aromatic carbocycles. The minimum Gasteiger partial charge on any atom is -0.478 e. The number of aromatic nitrogens is 2. The number of thiophene rings is 1. The van der Waals surface area contributed by atoms with Crippen molar-refractivity contribution in [3.63, 3.8) is 0 Å². The van der Waals surface area contributed by atoms with Crippen LogP contribution in [0.3, 0.4) is 0 Å². The molecule has 0 atom stereocenters. The Labute approximate surface area is 120 Å². The number of imidazole rings is 1. The fraction of sp³-hybridized carbons (Fsp3) is 0.200. The highest BCUT2D eigenvalue weighted by molar-refractivity contribution is 7.08. The third kappa shape index (κ3) is 1.91. The molecule has 1 N–H and O–H groups in total. The van der Waals surface area contributed by atoms with Crippen LogP contribution in [0.25, 0.3) is 16.7 Å². The second-order valence-electron chi connectivity index (χ2n) is 4.92. The van der Waals surface area contributed by atoms with E-state index in [4.69, 9.17) is 0 Å². The number of hydrogen-bond donors (Lipinski definition) is 1. The predicted molar refractivity (Wildman–Crippen MR) is 80.0 cm³/mol. The molecule has 5 heteroatoms. The molecule has 0 unspecified atom stereocenters. The minimum atomic E-state index is -0.928. The average Bonchev–Trinajstić information content (AvgIpc) is 3.04. The Morgan fingerprint density at radius 2 is 2.15 bits per heavy atom. The number of carboxylic acids is 1. The normalized spacial score (nSPS) is 11.3. The molecular weight excluding hydrogens is 272 g/mol. The van der Waals surface area contributed by atoms with Gasteiger partial charge in [0.2, 0.25) is 0 Å². The predicted octanol–water partition coefficient (Wildman–Crippen LogP) is 3.91. The Balaban J connectivity index is 2.44. The highest BCUT2D eigenvalue weighted by Crippen LogP contribution is 2.29. The monoisotopic (exact) mass is 286 g/mol. The molecule has 2 aromatic heterocycles. The van der Waals surface area contributed by atoms with E-state index in [2.05, 4.69) is 18.8 Å². The van der Waals surface area contributed by atoms with Gasteiger partial charge in [-0.2, -0.15) is 11.3 Å². The van der Waals surface area contributed by atoms with Crippen molar-refractivity contribution in [3.05, 3.63) is 46.4 Å². The van der Waals surface area contributed by atoms with Gasteiger partial charge in [0.05, 0.1) is 22.3 Å². The van der Waals surface area contributed by atoms with Crippen LogP contribution in [-0.2, 0) is 0 Å². The van der Waals surface area contributed by atoms with Gasteiger partial charge in [-0.3, -0.25) is 4.57 Å². The Kier molecular flexibility index (Phi) is 3.06. The SMILES string of the molecule is CC(C)c1nc2cccc(C(=O)O)c2n1-c1ccsc1. The maximum absolute atomic E-state index is 11.5. The minimum absolute atomic E-state index is 0.212. The zero-order valence-electron chi connectivity index (χ0n) is 11.2. The topological polar surface area (TPSA) is 55.1 Å². The summed E-state index contributed by atoms with van der Waals surface area (Å²) in [6, 6.07) is 7.20. The summed E-state index contributed by atoms with van der Waals surface area (Å²) in [5, 5.41) is 13.4. The molecule has 0 aliphatic carbocycles. The zero-order valence-corrected chi connectivity index (χ0v) is 12.0. The van der Waals surface area contributed by atoms with E-state index in [1.807, 2.05) is 27.5 Å². The highest BCUT2D eigenvalue weighted by Gasteiger charge is 2.20. The molecule has 0 aliphatic rings. The lowest BCUT2D eigenvalue weighted by atomic mass is 10.1. The van der Waals surface area contributed by atoms with Crippen LogP contribution < -0.4 is 0 Å². The summed E-state index contributed by atoms with van der Waals surface area (Å²) < 4.78 is 1.96. The van der Waals surface area contributed by atoms with Gasteiger partial charge < -0.3 is 5.11 Å². The Morgan fingerprint density at radius 3 is 2.75 bits per heavy atom. The summed E-state index contributed by atoms with van der Waals surface area (Å²) in [4.78, 5) is 16.1. The molecular formula is C15H14N2O2S. The first-order chi connectivity index (χ1) is 9.59. The van der Waals surface area contributed by atoms with Crippen molar-refractivity contribution in [2.75, 3.05) is 0 Å². The molecule has 0 fully saturated rings. The number of carboxylic acid groups (broad SMARTS) is 1. The van der Waals surface area contributed by atoms with Crippen LogP contribution in [0.5, 0.6) is 0 Å². The van der Waals surface area contributed by atoms with E-state index < -0.39 is 5.97 Å². The number of fused-ring (bicyclic) bond motifs is 1. The third-order valence-electron chi connectivity index (χ3n) is 3.21. The van der Waals surface area contributed by atoms with Crippen molar-refractivity contribution in [2.45, 2.75) is 19.8 Å². The van der Waals surface area contributed by atoms with Crippen molar-refractivity contribution in [1.29, 1.82) is 0 Å². The summed E-state index contributed by atoms with van der Waals surface area (Å²) in [5.41, 5.74) is 2.64. The van der Waals surface area contributed by atoms with Gasteiger partial charge in [0.15, 0.2) is 0 Å². The fourth-order valence-electron chi connectivity index (χ4n) is 2.35. The zero-order chi connectivity index (χ0) is 14.3. The van der Waals surface area contributed by atoms with E-state index in [0.717, 1.165) is 17.0 Å². The summed E-state index contributed by atoms with van der Waals surface area (Å²) in [6.45, 7) is 4.12. The van der Waals surface area contributed by atoms with E-state index >= 15 is 0 Å². The average molecular weight is 286 g/mol.